The minimum Gasteiger partial charge on any atom is -0.364 e. The molecule has 1 spiro atoms. The van der Waals surface area contributed by atoms with E-state index in [9.17, 15) is 9.59 Å². The molecule has 1 aromatic rings. The van der Waals surface area contributed by atoms with E-state index in [2.05, 4.69) is 5.16 Å². The number of carbonyl (C=O) groups excluding carboxylic acids is 2. The summed E-state index contributed by atoms with van der Waals surface area (Å²) in [5.74, 6) is 0.175. The Kier molecular flexibility index (Phi) is 3.23. The van der Waals surface area contributed by atoms with Crippen LogP contribution in [0.2, 0.25) is 0 Å². The zero-order valence-electron chi connectivity index (χ0n) is 11.7. The Morgan fingerprint density at radius 3 is 2.75 bits per heavy atom. The third-order valence-corrected chi connectivity index (χ3v) is 4.56. The molecule has 2 amide bonds. The molecule has 3 rings (SSSR count). The molecular weight excluding hydrogens is 258 g/mol. The van der Waals surface area contributed by atoms with Crippen molar-refractivity contribution >= 4 is 11.8 Å². The predicted octanol–water partition coefficient (Wildman–Crippen LogP) is 1.15. The van der Waals surface area contributed by atoms with E-state index in [1.807, 2.05) is 16.7 Å². The van der Waals surface area contributed by atoms with Gasteiger partial charge in [-0.25, -0.2) is 0 Å². The van der Waals surface area contributed by atoms with Crippen LogP contribution in [0.5, 0.6) is 0 Å². The molecule has 6 heteroatoms. The van der Waals surface area contributed by atoms with Crippen molar-refractivity contribution in [2.45, 2.75) is 26.2 Å². The van der Waals surface area contributed by atoms with Crippen LogP contribution in [0.3, 0.4) is 0 Å². The van der Waals surface area contributed by atoms with Crippen molar-refractivity contribution in [2.24, 2.45) is 5.41 Å². The van der Waals surface area contributed by atoms with Crippen molar-refractivity contribution in [1.29, 1.82) is 0 Å². The summed E-state index contributed by atoms with van der Waals surface area (Å²) in [7, 11) is 0. The Morgan fingerprint density at radius 1 is 1.45 bits per heavy atom. The van der Waals surface area contributed by atoms with Crippen molar-refractivity contribution < 1.29 is 14.1 Å². The van der Waals surface area contributed by atoms with Crippen molar-refractivity contribution in [1.82, 2.24) is 15.0 Å². The lowest BCUT2D eigenvalue weighted by Crippen LogP contribution is -2.44. The maximum atomic E-state index is 12.2. The second-order valence-corrected chi connectivity index (χ2v) is 5.76. The summed E-state index contributed by atoms with van der Waals surface area (Å²) in [5.41, 5.74) is 0.437. The molecule has 1 aromatic heterocycles. The van der Waals surface area contributed by atoms with E-state index in [4.69, 9.17) is 4.52 Å². The van der Waals surface area contributed by atoms with E-state index in [0.717, 1.165) is 25.9 Å². The number of amides is 2. The molecule has 2 aliphatic rings. The molecule has 2 aliphatic heterocycles. The predicted molar refractivity (Wildman–Crippen MR) is 70.9 cm³/mol. The van der Waals surface area contributed by atoms with Gasteiger partial charge in [-0.1, -0.05) is 5.16 Å². The average Bonchev–Trinajstić information content (AvgIpc) is 3.07. The monoisotopic (exact) mass is 277 g/mol. The molecule has 0 bridgehead atoms. The molecule has 2 fully saturated rings. The van der Waals surface area contributed by atoms with Crippen LogP contribution in [0, 0.1) is 5.41 Å². The van der Waals surface area contributed by atoms with Crippen LogP contribution in [0.4, 0.5) is 0 Å². The molecule has 0 unspecified atom stereocenters. The highest BCUT2D eigenvalue weighted by Crippen LogP contribution is 2.41. The fourth-order valence-electron chi connectivity index (χ4n) is 3.27. The number of nitrogens with zero attached hydrogens (tertiary/aromatic N) is 3. The van der Waals surface area contributed by atoms with Crippen molar-refractivity contribution in [3.63, 3.8) is 0 Å². The van der Waals surface area contributed by atoms with Gasteiger partial charge in [0.25, 0.3) is 5.91 Å². The minimum absolute atomic E-state index is 0.0771. The Balaban J connectivity index is 1.63. The third-order valence-electron chi connectivity index (χ3n) is 4.56. The van der Waals surface area contributed by atoms with Gasteiger partial charge in [-0.15, -0.1) is 0 Å². The van der Waals surface area contributed by atoms with Crippen LogP contribution >= 0.6 is 0 Å². The topological polar surface area (TPSA) is 66.7 Å². The first-order chi connectivity index (χ1) is 9.63. The van der Waals surface area contributed by atoms with Gasteiger partial charge >= 0.3 is 0 Å². The van der Waals surface area contributed by atoms with Crippen molar-refractivity contribution in [3.8, 4) is 0 Å². The second-order valence-electron chi connectivity index (χ2n) is 5.76. The molecule has 0 radical (unpaired) electrons. The molecule has 0 aliphatic carbocycles. The standard InChI is InChI=1S/C14H19N3O3/c1-2-16-10-14(9-12(16)18)4-6-17(7-5-14)13(19)11-3-8-20-15-11/h3,8H,2,4-7,9-10H2,1H3. The molecule has 0 aromatic carbocycles. The van der Waals surface area contributed by atoms with Gasteiger partial charge in [0.15, 0.2) is 5.69 Å². The maximum Gasteiger partial charge on any atom is 0.276 e. The summed E-state index contributed by atoms with van der Waals surface area (Å²) in [5, 5.41) is 3.69. The van der Waals surface area contributed by atoms with Crippen LogP contribution in [-0.2, 0) is 4.79 Å². The van der Waals surface area contributed by atoms with E-state index in [0.29, 0.717) is 25.2 Å². The van der Waals surface area contributed by atoms with Gasteiger partial charge < -0.3 is 14.3 Å². The Hall–Kier alpha value is -1.85. The molecule has 0 saturated carbocycles. The zero-order chi connectivity index (χ0) is 14.2. The van der Waals surface area contributed by atoms with E-state index >= 15 is 0 Å². The highest BCUT2D eigenvalue weighted by atomic mass is 16.5. The van der Waals surface area contributed by atoms with Crippen LogP contribution in [-0.4, -0.2) is 52.9 Å². The number of rotatable bonds is 2. The molecule has 20 heavy (non-hydrogen) atoms. The zero-order valence-corrected chi connectivity index (χ0v) is 11.7. The SMILES string of the molecule is CCN1CC2(CCN(C(=O)c3ccon3)CC2)CC1=O. The number of likely N-dealkylation sites (tertiary alicyclic amines) is 2. The summed E-state index contributed by atoms with van der Waals surface area (Å²) in [6.07, 6.45) is 3.82. The average molecular weight is 277 g/mol. The van der Waals surface area contributed by atoms with Gasteiger partial charge in [0.1, 0.15) is 6.26 Å². The van der Waals surface area contributed by atoms with Gasteiger partial charge in [0.2, 0.25) is 5.91 Å². The van der Waals surface area contributed by atoms with Crippen LogP contribution in [0.15, 0.2) is 16.9 Å². The number of hydrogen-bond acceptors (Lipinski definition) is 4. The Labute approximate surface area is 117 Å². The summed E-state index contributed by atoms with van der Waals surface area (Å²) in [6.45, 7) is 5.02. The number of carbonyl (C=O) groups is 2. The summed E-state index contributed by atoms with van der Waals surface area (Å²) >= 11 is 0. The first kappa shape index (κ1) is 13.1. The van der Waals surface area contributed by atoms with Crippen LogP contribution in [0.25, 0.3) is 0 Å². The van der Waals surface area contributed by atoms with Crippen LogP contribution < -0.4 is 0 Å². The third kappa shape index (κ3) is 2.19. The Bertz CT molecular complexity index is 504. The minimum atomic E-state index is -0.0785. The molecule has 108 valence electrons. The lowest BCUT2D eigenvalue weighted by atomic mass is 9.77. The lowest BCUT2D eigenvalue weighted by molar-refractivity contribution is -0.127. The summed E-state index contributed by atoms with van der Waals surface area (Å²) in [6, 6.07) is 1.59. The van der Waals surface area contributed by atoms with Crippen LogP contribution in [0.1, 0.15) is 36.7 Å². The fourth-order valence-corrected chi connectivity index (χ4v) is 3.27. The van der Waals surface area contributed by atoms with E-state index < -0.39 is 0 Å². The van der Waals surface area contributed by atoms with Gasteiger partial charge in [0.05, 0.1) is 0 Å². The summed E-state index contributed by atoms with van der Waals surface area (Å²) in [4.78, 5) is 27.8. The molecule has 2 saturated heterocycles. The van der Waals surface area contributed by atoms with Crippen molar-refractivity contribution in [2.75, 3.05) is 26.2 Å². The fraction of sp³-hybridized carbons (Fsp3) is 0.643. The normalized spacial score (nSPS) is 21.8. The van der Waals surface area contributed by atoms with E-state index in [1.165, 1.54) is 6.26 Å². The molecule has 6 nitrogen and oxygen atoms in total. The highest BCUT2D eigenvalue weighted by molar-refractivity contribution is 5.92. The summed E-state index contributed by atoms with van der Waals surface area (Å²) < 4.78 is 4.71. The molecular formula is C14H19N3O3. The van der Waals surface area contributed by atoms with Gasteiger partial charge in [-0.05, 0) is 19.8 Å². The number of hydrogen-bond donors (Lipinski definition) is 0. The maximum absolute atomic E-state index is 12.2. The van der Waals surface area contributed by atoms with Gasteiger partial charge in [0, 0.05) is 44.1 Å². The molecule has 0 atom stereocenters. The number of piperidine rings is 1. The smallest absolute Gasteiger partial charge is 0.276 e. The molecule has 0 N–H and O–H groups in total. The van der Waals surface area contributed by atoms with Gasteiger partial charge in [-0.2, -0.15) is 0 Å². The Morgan fingerprint density at radius 2 is 2.20 bits per heavy atom. The molecule has 3 heterocycles. The number of aromatic nitrogens is 1. The van der Waals surface area contributed by atoms with Gasteiger partial charge in [-0.3, -0.25) is 9.59 Å². The van der Waals surface area contributed by atoms with E-state index in [1.54, 1.807) is 6.07 Å². The lowest BCUT2D eigenvalue weighted by Gasteiger charge is -2.38. The second kappa shape index (κ2) is 4.92. The quantitative estimate of drug-likeness (QED) is 0.813. The largest absolute Gasteiger partial charge is 0.364 e. The van der Waals surface area contributed by atoms with E-state index in [-0.39, 0.29) is 17.2 Å². The first-order valence-corrected chi connectivity index (χ1v) is 7.11. The van der Waals surface area contributed by atoms with Crippen molar-refractivity contribution in [3.05, 3.63) is 18.0 Å². The highest BCUT2D eigenvalue weighted by Gasteiger charge is 2.45. The first-order valence-electron chi connectivity index (χ1n) is 7.11.